The molecule has 1 aromatic rings. The molecule has 0 radical (unpaired) electrons. The minimum Gasteiger partial charge on any atom is -0.452 e. The van der Waals surface area contributed by atoms with E-state index < -0.39 is 23.4 Å². The van der Waals surface area contributed by atoms with Gasteiger partial charge in [0.1, 0.15) is 0 Å². The third-order valence-electron chi connectivity index (χ3n) is 3.49. The van der Waals surface area contributed by atoms with Crippen LogP contribution < -0.4 is 5.32 Å². The molecule has 25 heavy (non-hydrogen) atoms. The van der Waals surface area contributed by atoms with Crippen LogP contribution in [0.4, 0.5) is 5.69 Å². The maximum absolute atomic E-state index is 12.1. The van der Waals surface area contributed by atoms with Crippen molar-refractivity contribution in [1.29, 1.82) is 0 Å². The fourth-order valence-corrected chi connectivity index (χ4v) is 2.14. The van der Waals surface area contributed by atoms with E-state index in [9.17, 15) is 24.5 Å². The van der Waals surface area contributed by atoms with E-state index in [-0.39, 0.29) is 35.8 Å². The molecule has 2 amide bonds. The van der Waals surface area contributed by atoms with Gasteiger partial charge in [0.15, 0.2) is 6.61 Å². The summed E-state index contributed by atoms with van der Waals surface area (Å²) in [6.45, 7) is 4.95. The van der Waals surface area contributed by atoms with Gasteiger partial charge in [-0.05, 0) is 26.8 Å². The molecule has 0 spiro atoms. The van der Waals surface area contributed by atoms with Crippen molar-refractivity contribution in [3.8, 4) is 0 Å². The number of carbonyl (C=O) groups excluding carboxylic acids is 3. The van der Waals surface area contributed by atoms with Crippen molar-refractivity contribution in [3.63, 3.8) is 0 Å². The second kappa shape index (κ2) is 9.36. The predicted octanol–water partition coefficient (Wildman–Crippen LogP) is 1.04. The summed E-state index contributed by atoms with van der Waals surface area (Å²) in [4.78, 5) is 47.3. The SMILES string of the molecule is CCNC(=O)CN(CC)C(=O)COC(=O)c1cccc([N+](=O)[O-])c1C. The van der Waals surface area contributed by atoms with Gasteiger partial charge in [-0.2, -0.15) is 0 Å². The lowest BCUT2D eigenvalue weighted by molar-refractivity contribution is -0.385. The normalized spacial score (nSPS) is 10.0. The minimum absolute atomic E-state index is 0.0220. The highest BCUT2D eigenvalue weighted by atomic mass is 16.6. The Morgan fingerprint density at radius 3 is 2.52 bits per heavy atom. The number of nitrogens with one attached hydrogen (secondary N) is 1. The van der Waals surface area contributed by atoms with Crippen LogP contribution >= 0.6 is 0 Å². The molecule has 0 unspecified atom stereocenters. The van der Waals surface area contributed by atoms with Crippen molar-refractivity contribution in [2.75, 3.05) is 26.2 Å². The van der Waals surface area contributed by atoms with Gasteiger partial charge in [0.25, 0.3) is 11.6 Å². The third kappa shape index (κ3) is 5.55. The zero-order valence-corrected chi connectivity index (χ0v) is 14.4. The number of benzene rings is 1. The molecule has 0 fully saturated rings. The molecule has 1 aromatic carbocycles. The molecule has 0 heterocycles. The number of nitro benzene ring substituents is 1. The molecule has 136 valence electrons. The Morgan fingerprint density at radius 2 is 1.96 bits per heavy atom. The average molecular weight is 351 g/mol. The predicted molar refractivity (Wildman–Crippen MR) is 89.1 cm³/mol. The Hall–Kier alpha value is -2.97. The second-order valence-corrected chi connectivity index (χ2v) is 5.14. The highest BCUT2D eigenvalue weighted by Gasteiger charge is 2.21. The number of hydrogen-bond donors (Lipinski definition) is 1. The minimum atomic E-state index is -0.830. The van der Waals surface area contributed by atoms with Crippen LogP contribution in [0.15, 0.2) is 18.2 Å². The lowest BCUT2D eigenvalue weighted by Crippen LogP contribution is -2.42. The largest absolute Gasteiger partial charge is 0.452 e. The Labute approximate surface area is 145 Å². The molecular formula is C16H21N3O6. The maximum Gasteiger partial charge on any atom is 0.339 e. The summed E-state index contributed by atoms with van der Waals surface area (Å²) in [5.41, 5.74) is -0.0133. The summed E-state index contributed by atoms with van der Waals surface area (Å²) in [7, 11) is 0. The summed E-state index contributed by atoms with van der Waals surface area (Å²) < 4.78 is 4.95. The number of nitro groups is 1. The summed E-state index contributed by atoms with van der Waals surface area (Å²) in [6, 6.07) is 4.04. The topological polar surface area (TPSA) is 119 Å². The number of likely N-dealkylation sites (N-methyl/N-ethyl adjacent to an activating group) is 2. The number of amides is 2. The highest BCUT2D eigenvalue weighted by Crippen LogP contribution is 2.21. The van der Waals surface area contributed by atoms with Crippen LogP contribution in [-0.2, 0) is 14.3 Å². The van der Waals surface area contributed by atoms with Crippen molar-refractivity contribution in [1.82, 2.24) is 10.2 Å². The number of nitrogens with zero attached hydrogens (tertiary/aromatic N) is 2. The third-order valence-corrected chi connectivity index (χ3v) is 3.49. The zero-order chi connectivity index (χ0) is 19.0. The standard InChI is InChI=1S/C16H21N3O6/c1-4-17-14(20)9-18(5-2)15(21)10-25-16(22)12-7-6-8-13(11(12)3)19(23)24/h6-8H,4-5,9-10H2,1-3H3,(H,17,20). The lowest BCUT2D eigenvalue weighted by atomic mass is 10.1. The van der Waals surface area contributed by atoms with Gasteiger partial charge in [-0.3, -0.25) is 19.7 Å². The van der Waals surface area contributed by atoms with Crippen LogP contribution in [0.25, 0.3) is 0 Å². The van der Waals surface area contributed by atoms with Gasteiger partial charge in [-0.15, -0.1) is 0 Å². The molecule has 0 aliphatic heterocycles. The average Bonchev–Trinajstić information content (AvgIpc) is 2.57. The molecule has 0 bridgehead atoms. The first-order chi connectivity index (χ1) is 11.8. The fraction of sp³-hybridized carbons (Fsp3) is 0.438. The van der Waals surface area contributed by atoms with Crippen LogP contribution in [0, 0.1) is 17.0 Å². The smallest absolute Gasteiger partial charge is 0.339 e. The monoisotopic (exact) mass is 351 g/mol. The van der Waals surface area contributed by atoms with E-state index in [2.05, 4.69) is 5.32 Å². The number of esters is 1. The molecular weight excluding hydrogens is 330 g/mol. The summed E-state index contributed by atoms with van der Waals surface area (Å²) in [5.74, 6) is -1.66. The summed E-state index contributed by atoms with van der Waals surface area (Å²) in [5, 5.41) is 13.5. The van der Waals surface area contributed by atoms with E-state index in [4.69, 9.17) is 4.74 Å². The summed E-state index contributed by atoms with van der Waals surface area (Å²) in [6.07, 6.45) is 0. The van der Waals surface area contributed by atoms with Crippen LogP contribution in [0.1, 0.15) is 29.8 Å². The van der Waals surface area contributed by atoms with Crippen molar-refractivity contribution < 1.29 is 24.0 Å². The Balaban J connectivity index is 2.72. The number of rotatable bonds is 8. The van der Waals surface area contributed by atoms with Gasteiger partial charge in [0, 0.05) is 24.7 Å². The van der Waals surface area contributed by atoms with Crippen molar-refractivity contribution in [2.45, 2.75) is 20.8 Å². The van der Waals surface area contributed by atoms with Crippen LogP contribution in [0.3, 0.4) is 0 Å². The van der Waals surface area contributed by atoms with Crippen LogP contribution in [-0.4, -0.2) is 53.8 Å². The lowest BCUT2D eigenvalue weighted by Gasteiger charge is -2.20. The van der Waals surface area contributed by atoms with E-state index in [0.717, 1.165) is 0 Å². The van der Waals surface area contributed by atoms with Crippen molar-refractivity contribution in [2.24, 2.45) is 0 Å². The highest BCUT2D eigenvalue weighted by molar-refractivity contribution is 5.94. The Kier molecular flexibility index (Phi) is 7.51. The van der Waals surface area contributed by atoms with Crippen LogP contribution in [0.5, 0.6) is 0 Å². The van der Waals surface area contributed by atoms with Crippen molar-refractivity contribution in [3.05, 3.63) is 39.4 Å². The Morgan fingerprint density at radius 1 is 1.28 bits per heavy atom. The first-order valence-corrected chi connectivity index (χ1v) is 7.77. The maximum atomic E-state index is 12.1. The molecule has 0 saturated carbocycles. The molecule has 0 atom stereocenters. The molecule has 1 rings (SSSR count). The van der Waals surface area contributed by atoms with Gasteiger partial charge in [-0.25, -0.2) is 4.79 Å². The molecule has 0 aliphatic rings. The molecule has 9 nitrogen and oxygen atoms in total. The van der Waals surface area contributed by atoms with E-state index in [1.165, 1.54) is 30.0 Å². The van der Waals surface area contributed by atoms with Crippen molar-refractivity contribution >= 4 is 23.5 Å². The van der Waals surface area contributed by atoms with E-state index >= 15 is 0 Å². The molecule has 9 heteroatoms. The molecule has 0 saturated heterocycles. The van der Waals surface area contributed by atoms with E-state index in [0.29, 0.717) is 6.54 Å². The van der Waals surface area contributed by atoms with E-state index in [1.54, 1.807) is 13.8 Å². The molecule has 0 aromatic heterocycles. The molecule has 1 N–H and O–H groups in total. The van der Waals surface area contributed by atoms with E-state index in [1.807, 2.05) is 0 Å². The number of carbonyl (C=O) groups is 3. The quantitative estimate of drug-likeness (QED) is 0.425. The summed E-state index contributed by atoms with van der Waals surface area (Å²) >= 11 is 0. The number of ether oxygens (including phenoxy) is 1. The number of hydrogen-bond acceptors (Lipinski definition) is 6. The second-order valence-electron chi connectivity index (χ2n) is 5.14. The van der Waals surface area contributed by atoms with Crippen LogP contribution in [0.2, 0.25) is 0 Å². The Bertz CT molecular complexity index is 674. The van der Waals surface area contributed by atoms with Gasteiger partial charge in [0.2, 0.25) is 5.91 Å². The fourth-order valence-electron chi connectivity index (χ4n) is 2.14. The first kappa shape index (κ1) is 20.1. The first-order valence-electron chi connectivity index (χ1n) is 7.77. The van der Waals surface area contributed by atoms with Gasteiger partial charge >= 0.3 is 5.97 Å². The van der Waals surface area contributed by atoms with Gasteiger partial charge < -0.3 is 15.0 Å². The molecule has 0 aliphatic carbocycles. The van der Waals surface area contributed by atoms with Gasteiger partial charge in [0.05, 0.1) is 17.0 Å². The zero-order valence-electron chi connectivity index (χ0n) is 14.4. The van der Waals surface area contributed by atoms with Gasteiger partial charge in [-0.1, -0.05) is 6.07 Å².